The van der Waals surface area contributed by atoms with Gasteiger partial charge >= 0.3 is 0 Å². The zero-order valence-electron chi connectivity index (χ0n) is 9.37. The molecule has 0 amide bonds. The number of nitrogens with two attached hydrogens (primary N) is 1. The van der Waals surface area contributed by atoms with Crippen molar-refractivity contribution in [3.63, 3.8) is 0 Å². The SMILES string of the molecule is CC(C)Cc1nccc2nc(N)c(Br)cc12. The molecule has 0 radical (unpaired) electrons. The Bertz CT molecular complexity index is 523. The highest BCUT2D eigenvalue weighted by Crippen LogP contribution is 2.25. The first-order chi connectivity index (χ1) is 7.58. The number of nitrogen functional groups attached to an aromatic ring is 1. The van der Waals surface area contributed by atoms with Crippen molar-refractivity contribution in [1.82, 2.24) is 9.97 Å². The first-order valence-electron chi connectivity index (χ1n) is 5.27. The van der Waals surface area contributed by atoms with Gasteiger partial charge in [0.15, 0.2) is 0 Å². The lowest BCUT2D eigenvalue weighted by molar-refractivity contribution is 0.639. The maximum Gasteiger partial charge on any atom is 0.138 e. The number of hydrogen-bond donors (Lipinski definition) is 1. The summed E-state index contributed by atoms with van der Waals surface area (Å²) in [5, 5.41) is 1.08. The lowest BCUT2D eigenvalue weighted by atomic mass is 10.0. The summed E-state index contributed by atoms with van der Waals surface area (Å²) < 4.78 is 0.831. The van der Waals surface area contributed by atoms with E-state index in [0.717, 1.165) is 27.5 Å². The Kier molecular flexibility index (Phi) is 3.10. The second kappa shape index (κ2) is 4.37. The van der Waals surface area contributed by atoms with Crippen molar-refractivity contribution in [2.45, 2.75) is 20.3 Å². The molecule has 2 aromatic rings. The van der Waals surface area contributed by atoms with Crippen LogP contribution in [0.1, 0.15) is 19.5 Å². The number of aromatic nitrogens is 2. The minimum absolute atomic E-state index is 0.522. The van der Waals surface area contributed by atoms with Crippen molar-refractivity contribution in [3.8, 4) is 0 Å². The maximum absolute atomic E-state index is 5.76. The number of halogens is 1. The van der Waals surface area contributed by atoms with Crippen molar-refractivity contribution in [3.05, 3.63) is 28.5 Å². The normalized spacial score (nSPS) is 11.2. The van der Waals surface area contributed by atoms with E-state index in [0.29, 0.717) is 11.7 Å². The van der Waals surface area contributed by atoms with E-state index in [2.05, 4.69) is 39.7 Å². The van der Waals surface area contributed by atoms with Crippen molar-refractivity contribution >= 4 is 32.7 Å². The smallest absolute Gasteiger partial charge is 0.138 e. The molecule has 0 fully saturated rings. The Balaban J connectivity index is 2.62. The number of hydrogen-bond acceptors (Lipinski definition) is 3. The first-order valence-corrected chi connectivity index (χ1v) is 6.07. The lowest BCUT2D eigenvalue weighted by Gasteiger charge is -2.08. The molecule has 0 aliphatic rings. The summed E-state index contributed by atoms with van der Waals surface area (Å²) in [7, 11) is 0. The molecule has 0 bridgehead atoms. The van der Waals surface area contributed by atoms with Crippen LogP contribution in [0.25, 0.3) is 10.9 Å². The van der Waals surface area contributed by atoms with E-state index in [9.17, 15) is 0 Å². The minimum atomic E-state index is 0.522. The molecule has 2 rings (SSSR count). The summed E-state index contributed by atoms with van der Waals surface area (Å²) in [6.45, 7) is 4.36. The predicted octanol–water partition coefficient (Wildman–Crippen LogP) is 3.17. The summed E-state index contributed by atoms with van der Waals surface area (Å²) in [6.07, 6.45) is 2.75. The fourth-order valence-electron chi connectivity index (χ4n) is 1.69. The minimum Gasteiger partial charge on any atom is -0.383 e. The first kappa shape index (κ1) is 11.3. The van der Waals surface area contributed by atoms with Crippen LogP contribution in [0, 0.1) is 5.92 Å². The van der Waals surface area contributed by atoms with E-state index < -0.39 is 0 Å². The summed E-state index contributed by atoms with van der Waals surface area (Å²) in [5.41, 5.74) is 7.75. The molecule has 2 aromatic heterocycles. The molecule has 0 aromatic carbocycles. The van der Waals surface area contributed by atoms with Crippen molar-refractivity contribution in [2.75, 3.05) is 5.73 Å². The fourth-order valence-corrected chi connectivity index (χ4v) is 2.01. The zero-order chi connectivity index (χ0) is 11.7. The summed E-state index contributed by atoms with van der Waals surface area (Å²) in [6, 6.07) is 3.89. The second-order valence-electron chi connectivity index (χ2n) is 4.28. The quantitative estimate of drug-likeness (QED) is 0.919. The Morgan fingerprint density at radius 3 is 2.88 bits per heavy atom. The highest BCUT2D eigenvalue weighted by Gasteiger charge is 2.08. The molecule has 84 valence electrons. The monoisotopic (exact) mass is 279 g/mol. The molecule has 16 heavy (non-hydrogen) atoms. The van der Waals surface area contributed by atoms with Gasteiger partial charge in [-0.25, -0.2) is 4.98 Å². The molecule has 0 aliphatic heterocycles. The van der Waals surface area contributed by atoms with E-state index >= 15 is 0 Å². The number of pyridine rings is 2. The maximum atomic E-state index is 5.76. The standard InChI is InChI=1S/C12H14BrN3/c1-7(2)5-11-8-6-9(13)12(14)16-10(8)3-4-15-11/h3-4,6-7H,5H2,1-2H3,(H2,14,16). The Morgan fingerprint density at radius 2 is 2.19 bits per heavy atom. The van der Waals surface area contributed by atoms with Crippen molar-refractivity contribution < 1.29 is 0 Å². The van der Waals surface area contributed by atoms with Gasteiger partial charge in [-0.05, 0) is 40.4 Å². The average molecular weight is 280 g/mol. The predicted molar refractivity (Wildman–Crippen MR) is 70.2 cm³/mol. The summed E-state index contributed by atoms with van der Waals surface area (Å²) in [5.74, 6) is 1.10. The van der Waals surface area contributed by atoms with Crippen LogP contribution in [0.3, 0.4) is 0 Å². The molecular formula is C12H14BrN3. The van der Waals surface area contributed by atoms with Gasteiger partial charge < -0.3 is 5.73 Å². The van der Waals surface area contributed by atoms with Gasteiger partial charge in [0.1, 0.15) is 5.82 Å². The summed E-state index contributed by atoms with van der Waals surface area (Å²) in [4.78, 5) is 8.75. The Morgan fingerprint density at radius 1 is 1.44 bits per heavy atom. The third-order valence-corrected chi connectivity index (χ3v) is 3.04. The van der Waals surface area contributed by atoms with Crippen molar-refractivity contribution in [1.29, 1.82) is 0 Å². The van der Waals surface area contributed by atoms with Gasteiger partial charge in [0, 0.05) is 11.6 Å². The number of fused-ring (bicyclic) bond motifs is 1. The molecule has 4 heteroatoms. The van der Waals surface area contributed by atoms with E-state index in [1.807, 2.05) is 12.1 Å². The molecule has 0 spiro atoms. The van der Waals surface area contributed by atoms with Crippen LogP contribution in [0.2, 0.25) is 0 Å². The number of rotatable bonds is 2. The third-order valence-electron chi connectivity index (χ3n) is 2.41. The fraction of sp³-hybridized carbons (Fsp3) is 0.333. The van der Waals surface area contributed by atoms with E-state index in [1.165, 1.54) is 0 Å². The molecule has 2 heterocycles. The van der Waals surface area contributed by atoms with Crippen LogP contribution >= 0.6 is 15.9 Å². The highest BCUT2D eigenvalue weighted by atomic mass is 79.9. The van der Waals surface area contributed by atoms with Crippen LogP contribution in [0.5, 0.6) is 0 Å². The van der Waals surface area contributed by atoms with Gasteiger partial charge in [0.25, 0.3) is 0 Å². The topological polar surface area (TPSA) is 51.8 Å². The Labute approximate surface area is 103 Å². The molecule has 3 nitrogen and oxygen atoms in total. The van der Waals surface area contributed by atoms with Gasteiger partial charge in [-0.2, -0.15) is 0 Å². The molecule has 0 aliphatic carbocycles. The molecule has 0 saturated carbocycles. The van der Waals surface area contributed by atoms with E-state index in [4.69, 9.17) is 5.73 Å². The molecule has 0 atom stereocenters. The average Bonchev–Trinajstić information content (AvgIpc) is 2.20. The van der Waals surface area contributed by atoms with Gasteiger partial charge in [-0.3, -0.25) is 4.98 Å². The van der Waals surface area contributed by atoms with E-state index in [1.54, 1.807) is 6.20 Å². The van der Waals surface area contributed by atoms with Crippen molar-refractivity contribution in [2.24, 2.45) is 5.92 Å². The van der Waals surface area contributed by atoms with Gasteiger partial charge in [-0.15, -0.1) is 0 Å². The largest absolute Gasteiger partial charge is 0.383 e. The van der Waals surface area contributed by atoms with Crippen LogP contribution in [-0.2, 0) is 6.42 Å². The highest BCUT2D eigenvalue weighted by molar-refractivity contribution is 9.10. The third kappa shape index (κ3) is 2.16. The number of nitrogens with zero attached hydrogens (tertiary/aromatic N) is 2. The van der Waals surface area contributed by atoms with Crippen LogP contribution in [0.4, 0.5) is 5.82 Å². The van der Waals surface area contributed by atoms with Crippen LogP contribution in [0.15, 0.2) is 22.8 Å². The second-order valence-corrected chi connectivity index (χ2v) is 5.13. The zero-order valence-corrected chi connectivity index (χ0v) is 11.0. The molecule has 0 saturated heterocycles. The van der Waals surface area contributed by atoms with Gasteiger partial charge in [0.2, 0.25) is 0 Å². The van der Waals surface area contributed by atoms with Gasteiger partial charge in [-0.1, -0.05) is 13.8 Å². The van der Waals surface area contributed by atoms with Crippen LogP contribution < -0.4 is 5.73 Å². The van der Waals surface area contributed by atoms with E-state index in [-0.39, 0.29) is 0 Å². The van der Waals surface area contributed by atoms with Crippen LogP contribution in [-0.4, -0.2) is 9.97 Å². The molecular weight excluding hydrogens is 266 g/mol. The number of anilines is 1. The molecule has 0 unspecified atom stereocenters. The van der Waals surface area contributed by atoms with Gasteiger partial charge in [0.05, 0.1) is 15.7 Å². The molecule has 2 N–H and O–H groups in total. The lowest BCUT2D eigenvalue weighted by Crippen LogP contribution is -2.00. The Hall–Kier alpha value is -1.16. The summed E-state index contributed by atoms with van der Waals surface area (Å²) >= 11 is 3.40.